The number of hydrogen-bond donors (Lipinski definition) is 0. The fraction of sp³-hybridized carbons (Fsp3) is 0.409. The normalized spacial score (nSPS) is 19.7. The van der Waals surface area contributed by atoms with Crippen molar-refractivity contribution in [3.05, 3.63) is 53.7 Å². The van der Waals surface area contributed by atoms with Crippen LogP contribution in [0.25, 0.3) is 11.3 Å². The molecule has 0 radical (unpaired) electrons. The van der Waals surface area contributed by atoms with E-state index in [4.69, 9.17) is 4.74 Å². The van der Waals surface area contributed by atoms with E-state index in [-0.39, 0.29) is 17.9 Å². The highest BCUT2D eigenvalue weighted by atomic mass is 16.5. The van der Waals surface area contributed by atoms with Crippen molar-refractivity contribution in [1.29, 1.82) is 0 Å². The van der Waals surface area contributed by atoms with Gasteiger partial charge in [-0.1, -0.05) is 30.3 Å². The molecule has 146 valence electrons. The lowest BCUT2D eigenvalue weighted by molar-refractivity contribution is -0.142. The van der Waals surface area contributed by atoms with E-state index in [2.05, 4.69) is 4.98 Å². The third-order valence-electron chi connectivity index (χ3n) is 5.47. The molecule has 2 aliphatic rings. The molecule has 0 aliphatic carbocycles. The van der Waals surface area contributed by atoms with Gasteiger partial charge in [-0.05, 0) is 31.9 Å². The van der Waals surface area contributed by atoms with E-state index in [0.717, 1.165) is 29.8 Å². The molecule has 2 fully saturated rings. The zero-order valence-electron chi connectivity index (χ0n) is 16.1. The second kappa shape index (κ2) is 8.10. The van der Waals surface area contributed by atoms with Crippen LogP contribution in [0, 0.1) is 6.92 Å². The van der Waals surface area contributed by atoms with Gasteiger partial charge in [0.25, 0.3) is 11.8 Å². The molecule has 4 rings (SSSR count). The SMILES string of the molecule is Cc1nc(-c2ccccc2)ccc1C(=O)N1CCN(C(=O)C2CCCO2)CC1. The van der Waals surface area contributed by atoms with E-state index in [1.165, 1.54) is 0 Å². The predicted octanol–water partition coefficient (Wildman–Crippen LogP) is 2.52. The van der Waals surface area contributed by atoms with Gasteiger partial charge in [0.05, 0.1) is 17.0 Å². The Hall–Kier alpha value is -2.73. The predicted molar refractivity (Wildman–Crippen MR) is 106 cm³/mol. The molecule has 0 N–H and O–H groups in total. The lowest BCUT2D eigenvalue weighted by atomic mass is 10.1. The summed E-state index contributed by atoms with van der Waals surface area (Å²) < 4.78 is 5.49. The number of carbonyl (C=O) groups excluding carboxylic acids is 2. The molecule has 6 nitrogen and oxygen atoms in total. The molecule has 28 heavy (non-hydrogen) atoms. The highest BCUT2D eigenvalue weighted by Crippen LogP contribution is 2.21. The zero-order chi connectivity index (χ0) is 19.5. The number of ether oxygens (including phenoxy) is 1. The molecule has 0 bridgehead atoms. The van der Waals surface area contributed by atoms with Crippen molar-refractivity contribution in [3.8, 4) is 11.3 Å². The molecule has 1 unspecified atom stereocenters. The average molecular weight is 379 g/mol. The number of aryl methyl sites for hydroxylation is 1. The fourth-order valence-corrected chi connectivity index (χ4v) is 3.83. The van der Waals surface area contributed by atoms with Crippen LogP contribution in [0.1, 0.15) is 28.9 Å². The third-order valence-corrected chi connectivity index (χ3v) is 5.47. The smallest absolute Gasteiger partial charge is 0.255 e. The molecule has 3 heterocycles. The summed E-state index contributed by atoms with van der Waals surface area (Å²) in [4.78, 5) is 33.7. The highest BCUT2D eigenvalue weighted by molar-refractivity contribution is 5.95. The summed E-state index contributed by atoms with van der Waals surface area (Å²) in [6.45, 7) is 4.73. The Bertz CT molecular complexity index is 855. The van der Waals surface area contributed by atoms with Crippen LogP contribution in [0.4, 0.5) is 0 Å². The quantitative estimate of drug-likeness (QED) is 0.822. The van der Waals surface area contributed by atoms with Crippen LogP contribution in [-0.2, 0) is 9.53 Å². The first-order chi connectivity index (χ1) is 13.6. The molecule has 1 aromatic carbocycles. The third kappa shape index (κ3) is 3.78. The first-order valence-corrected chi connectivity index (χ1v) is 9.86. The van der Waals surface area contributed by atoms with Crippen LogP contribution >= 0.6 is 0 Å². The summed E-state index contributed by atoms with van der Waals surface area (Å²) >= 11 is 0. The minimum absolute atomic E-state index is 0.0196. The van der Waals surface area contributed by atoms with Gasteiger partial charge in [0.15, 0.2) is 0 Å². The number of benzene rings is 1. The van der Waals surface area contributed by atoms with Crippen molar-refractivity contribution >= 4 is 11.8 Å². The van der Waals surface area contributed by atoms with Crippen molar-refractivity contribution < 1.29 is 14.3 Å². The maximum Gasteiger partial charge on any atom is 0.255 e. The van der Waals surface area contributed by atoms with Crippen LogP contribution < -0.4 is 0 Å². The van der Waals surface area contributed by atoms with Crippen LogP contribution in [0.3, 0.4) is 0 Å². The first kappa shape index (κ1) is 18.6. The number of hydrogen-bond acceptors (Lipinski definition) is 4. The van der Waals surface area contributed by atoms with Crippen molar-refractivity contribution in [2.75, 3.05) is 32.8 Å². The van der Waals surface area contributed by atoms with Gasteiger partial charge < -0.3 is 14.5 Å². The van der Waals surface area contributed by atoms with Gasteiger partial charge in [0.2, 0.25) is 0 Å². The van der Waals surface area contributed by atoms with Gasteiger partial charge in [-0.15, -0.1) is 0 Å². The molecule has 2 aliphatic heterocycles. The zero-order valence-corrected chi connectivity index (χ0v) is 16.1. The summed E-state index contributed by atoms with van der Waals surface area (Å²) in [6.07, 6.45) is 1.45. The number of rotatable bonds is 3. The largest absolute Gasteiger partial charge is 0.368 e. The number of nitrogens with zero attached hydrogens (tertiary/aromatic N) is 3. The van der Waals surface area contributed by atoms with E-state index in [9.17, 15) is 9.59 Å². The average Bonchev–Trinajstić information content (AvgIpc) is 3.28. The first-order valence-electron chi connectivity index (χ1n) is 9.86. The maximum absolute atomic E-state index is 13.0. The Morgan fingerprint density at radius 3 is 2.36 bits per heavy atom. The Morgan fingerprint density at radius 2 is 1.71 bits per heavy atom. The van der Waals surface area contributed by atoms with E-state index < -0.39 is 0 Å². The monoisotopic (exact) mass is 379 g/mol. The van der Waals surface area contributed by atoms with Crippen LogP contribution in [0.2, 0.25) is 0 Å². The number of pyridine rings is 1. The number of amides is 2. The standard InChI is InChI=1S/C22H25N3O3/c1-16-18(9-10-19(23-16)17-6-3-2-4-7-17)21(26)24-11-13-25(14-12-24)22(27)20-8-5-15-28-20/h2-4,6-7,9-10,20H,5,8,11-15H2,1H3. The lowest BCUT2D eigenvalue weighted by Crippen LogP contribution is -2.52. The molecule has 2 amide bonds. The van der Waals surface area contributed by atoms with E-state index in [1.54, 1.807) is 0 Å². The summed E-state index contributed by atoms with van der Waals surface area (Å²) in [6, 6.07) is 13.7. The lowest BCUT2D eigenvalue weighted by Gasteiger charge is -2.36. The Labute approximate surface area is 165 Å². The summed E-state index contributed by atoms with van der Waals surface area (Å²) in [5.74, 6) is 0.0449. The van der Waals surface area contributed by atoms with Crippen molar-refractivity contribution in [2.24, 2.45) is 0 Å². The molecule has 0 spiro atoms. The van der Waals surface area contributed by atoms with Gasteiger partial charge in [-0.25, -0.2) is 0 Å². The van der Waals surface area contributed by atoms with E-state index >= 15 is 0 Å². The molecular weight excluding hydrogens is 354 g/mol. The van der Waals surface area contributed by atoms with E-state index in [0.29, 0.717) is 38.3 Å². The van der Waals surface area contributed by atoms with Crippen molar-refractivity contribution in [3.63, 3.8) is 0 Å². The molecular formula is C22H25N3O3. The Morgan fingerprint density at radius 1 is 1.00 bits per heavy atom. The van der Waals surface area contributed by atoms with Crippen molar-refractivity contribution in [1.82, 2.24) is 14.8 Å². The summed E-state index contributed by atoms with van der Waals surface area (Å²) in [7, 11) is 0. The van der Waals surface area contributed by atoms with Crippen LogP contribution in [-0.4, -0.2) is 65.5 Å². The topological polar surface area (TPSA) is 62.7 Å². The minimum atomic E-state index is -0.292. The van der Waals surface area contributed by atoms with Gasteiger partial charge in [0.1, 0.15) is 6.10 Å². The number of carbonyl (C=O) groups is 2. The second-order valence-corrected chi connectivity index (χ2v) is 7.31. The van der Waals surface area contributed by atoms with Crippen LogP contribution in [0.15, 0.2) is 42.5 Å². The number of piperazine rings is 1. The molecule has 2 aromatic rings. The number of aromatic nitrogens is 1. The highest BCUT2D eigenvalue weighted by Gasteiger charge is 2.31. The van der Waals surface area contributed by atoms with Gasteiger partial charge in [-0.3, -0.25) is 14.6 Å². The molecule has 6 heteroatoms. The van der Waals surface area contributed by atoms with E-state index in [1.807, 2.05) is 59.2 Å². The summed E-state index contributed by atoms with van der Waals surface area (Å²) in [5, 5.41) is 0. The second-order valence-electron chi connectivity index (χ2n) is 7.31. The molecule has 1 aromatic heterocycles. The van der Waals surface area contributed by atoms with Gasteiger partial charge in [0, 0.05) is 38.3 Å². The van der Waals surface area contributed by atoms with Gasteiger partial charge in [-0.2, -0.15) is 0 Å². The molecule has 2 saturated heterocycles. The van der Waals surface area contributed by atoms with Crippen molar-refractivity contribution in [2.45, 2.75) is 25.9 Å². The molecule has 1 atom stereocenters. The van der Waals surface area contributed by atoms with Crippen LogP contribution in [0.5, 0.6) is 0 Å². The Kier molecular flexibility index (Phi) is 5.39. The fourth-order valence-electron chi connectivity index (χ4n) is 3.83. The molecule has 0 saturated carbocycles. The van der Waals surface area contributed by atoms with Gasteiger partial charge >= 0.3 is 0 Å². The maximum atomic E-state index is 13.0. The summed E-state index contributed by atoms with van der Waals surface area (Å²) in [5.41, 5.74) is 3.25. The Balaban J connectivity index is 1.40. The minimum Gasteiger partial charge on any atom is -0.368 e.